The molecule has 1 aliphatic rings. The van der Waals surface area contributed by atoms with Crippen molar-refractivity contribution in [2.45, 2.75) is 58.5 Å². The number of nitrogens with one attached hydrogen (secondary N) is 2. The van der Waals surface area contributed by atoms with Crippen LogP contribution in [0.25, 0.3) is 0 Å². The van der Waals surface area contributed by atoms with Crippen LogP contribution in [0.15, 0.2) is 0 Å². The number of piperidine rings is 1. The largest absolute Gasteiger partial charge is 0.313 e. The quantitative estimate of drug-likeness (QED) is 0.762. The topological polar surface area (TPSA) is 58.2 Å². The second-order valence-corrected chi connectivity index (χ2v) is 7.02. The van der Waals surface area contributed by atoms with E-state index < -0.39 is 10.0 Å². The van der Waals surface area contributed by atoms with E-state index in [1.165, 1.54) is 0 Å². The van der Waals surface area contributed by atoms with Crippen molar-refractivity contribution in [3.63, 3.8) is 0 Å². The molecule has 3 unspecified atom stereocenters. The van der Waals surface area contributed by atoms with Gasteiger partial charge in [-0.3, -0.25) is 0 Å². The summed E-state index contributed by atoms with van der Waals surface area (Å²) in [4.78, 5) is 0. The minimum Gasteiger partial charge on any atom is -0.313 e. The standard InChI is InChI=1S/C12H26N2O2S/c1-4-10(2)11(3)14-17(15,16)9-12-7-5-6-8-13-12/h10-14H,4-9H2,1-3H3. The molecule has 3 atom stereocenters. The van der Waals surface area contributed by atoms with Crippen molar-refractivity contribution in [3.05, 3.63) is 0 Å². The van der Waals surface area contributed by atoms with E-state index in [0.717, 1.165) is 32.2 Å². The summed E-state index contributed by atoms with van der Waals surface area (Å²) in [5.74, 6) is 0.595. The van der Waals surface area contributed by atoms with E-state index in [1.807, 2.05) is 6.92 Å². The molecule has 0 aromatic carbocycles. The summed E-state index contributed by atoms with van der Waals surface area (Å²) in [7, 11) is -3.15. The monoisotopic (exact) mass is 262 g/mol. The van der Waals surface area contributed by atoms with E-state index in [9.17, 15) is 8.42 Å². The molecule has 0 aromatic rings. The van der Waals surface area contributed by atoms with Gasteiger partial charge in [0.15, 0.2) is 0 Å². The second-order valence-electron chi connectivity index (χ2n) is 5.22. The zero-order valence-electron chi connectivity index (χ0n) is 11.2. The third-order valence-corrected chi connectivity index (χ3v) is 5.27. The van der Waals surface area contributed by atoms with Gasteiger partial charge in [0.05, 0.1) is 5.75 Å². The molecule has 1 rings (SSSR count). The molecule has 1 saturated heterocycles. The van der Waals surface area contributed by atoms with E-state index in [4.69, 9.17) is 0 Å². The van der Waals surface area contributed by atoms with Gasteiger partial charge < -0.3 is 5.32 Å². The average molecular weight is 262 g/mol. The molecule has 0 amide bonds. The number of rotatable bonds is 6. The summed E-state index contributed by atoms with van der Waals surface area (Å²) in [5.41, 5.74) is 0. The second kappa shape index (κ2) is 6.71. The fourth-order valence-electron chi connectivity index (χ4n) is 2.13. The number of hydrogen-bond donors (Lipinski definition) is 2. The van der Waals surface area contributed by atoms with E-state index >= 15 is 0 Å². The fraction of sp³-hybridized carbons (Fsp3) is 1.00. The molecule has 1 fully saturated rings. The highest BCUT2D eigenvalue weighted by Gasteiger charge is 2.23. The molecule has 0 radical (unpaired) electrons. The first-order valence-electron chi connectivity index (χ1n) is 6.68. The van der Waals surface area contributed by atoms with Crippen molar-refractivity contribution >= 4 is 10.0 Å². The maximum atomic E-state index is 12.0. The maximum absolute atomic E-state index is 12.0. The van der Waals surface area contributed by atoms with Gasteiger partial charge in [-0.1, -0.05) is 26.7 Å². The van der Waals surface area contributed by atoms with Crippen LogP contribution in [0.3, 0.4) is 0 Å². The Morgan fingerprint density at radius 2 is 2.06 bits per heavy atom. The van der Waals surface area contributed by atoms with Crippen molar-refractivity contribution in [3.8, 4) is 0 Å². The van der Waals surface area contributed by atoms with Crippen LogP contribution in [-0.4, -0.2) is 32.8 Å². The predicted octanol–water partition coefficient (Wildman–Crippen LogP) is 1.48. The van der Waals surface area contributed by atoms with Crippen LogP contribution in [0.2, 0.25) is 0 Å². The normalized spacial score (nSPS) is 25.5. The SMILES string of the molecule is CCC(C)C(C)NS(=O)(=O)CC1CCCCN1. The van der Waals surface area contributed by atoms with Crippen LogP contribution in [0, 0.1) is 5.92 Å². The Hall–Kier alpha value is -0.130. The minimum atomic E-state index is -3.15. The van der Waals surface area contributed by atoms with Crippen molar-refractivity contribution in [1.29, 1.82) is 0 Å². The third kappa shape index (κ3) is 5.36. The minimum absolute atomic E-state index is 0.0218. The Bertz CT molecular complexity index is 300. The molecule has 0 aliphatic carbocycles. The molecular formula is C12H26N2O2S. The van der Waals surface area contributed by atoms with E-state index in [2.05, 4.69) is 23.9 Å². The van der Waals surface area contributed by atoms with Crippen LogP contribution in [0.5, 0.6) is 0 Å². The van der Waals surface area contributed by atoms with Crippen LogP contribution in [-0.2, 0) is 10.0 Å². The summed E-state index contributed by atoms with van der Waals surface area (Å²) >= 11 is 0. The van der Waals surface area contributed by atoms with Crippen molar-refractivity contribution in [1.82, 2.24) is 10.0 Å². The number of sulfonamides is 1. The van der Waals surface area contributed by atoms with Gasteiger partial charge in [0.25, 0.3) is 0 Å². The fourth-order valence-corrected chi connectivity index (χ4v) is 3.84. The van der Waals surface area contributed by atoms with Crippen LogP contribution in [0.1, 0.15) is 46.5 Å². The first-order chi connectivity index (χ1) is 7.94. The highest BCUT2D eigenvalue weighted by molar-refractivity contribution is 7.89. The van der Waals surface area contributed by atoms with Gasteiger partial charge in [-0.05, 0) is 32.2 Å². The summed E-state index contributed by atoms with van der Waals surface area (Å²) in [5, 5.41) is 3.27. The van der Waals surface area contributed by atoms with E-state index in [-0.39, 0.29) is 17.8 Å². The summed E-state index contributed by atoms with van der Waals surface area (Å²) in [6, 6.07) is 0.152. The maximum Gasteiger partial charge on any atom is 0.213 e. The summed E-state index contributed by atoms with van der Waals surface area (Å²) in [6.45, 7) is 7.05. The lowest BCUT2D eigenvalue weighted by atomic mass is 10.0. The molecule has 102 valence electrons. The molecule has 0 spiro atoms. The highest BCUT2D eigenvalue weighted by atomic mass is 32.2. The Balaban J connectivity index is 2.44. The molecule has 0 bridgehead atoms. The van der Waals surface area contributed by atoms with Gasteiger partial charge in [-0.25, -0.2) is 13.1 Å². The van der Waals surface area contributed by atoms with Crippen LogP contribution >= 0.6 is 0 Å². The Labute approximate surface area is 106 Å². The molecule has 5 heteroatoms. The van der Waals surface area contributed by atoms with Gasteiger partial charge in [-0.2, -0.15) is 0 Å². The van der Waals surface area contributed by atoms with Gasteiger partial charge >= 0.3 is 0 Å². The van der Waals surface area contributed by atoms with Gasteiger partial charge in [0.1, 0.15) is 0 Å². The Morgan fingerprint density at radius 1 is 1.35 bits per heavy atom. The summed E-state index contributed by atoms with van der Waals surface area (Å²) < 4.78 is 26.7. The first kappa shape index (κ1) is 14.9. The molecular weight excluding hydrogens is 236 g/mol. The molecule has 17 heavy (non-hydrogen) atoms. The predicted molar refractivity (Wildman–Crippen MR) is 71.5 cm³/mol. The lowest BCUT2D eigenvalue weighted by Gasteiger charge is -2.25. The summed E-state index contributed by atoms with van der Waals surface area (Å²) in [6.07, 6.45) is 4.26. The highest BCUT2D eigenvalue weighted by Crippen LogP contribution is 2.11. The Kier molecular flexibility index (Phi) is 5.89. The lowest BCUT2D eigenvalue weighted by molar-refractivity contribution is 0.411. The Morgan fingerprint density at radius 3 is 2.59 bits per heavy atom. The van der Waals surface area contributed by atoms with Crippen molar-refractivity contribution in [2.24, 2.45) is 5.92 Å². The zero-order chi connectivity index (χ0) is 12.9. The van der Waals surface area contributed by atoms with Gasteiger partial charge in [0, 0.05) is 12.1 Å². The molecule has 4 nitrogen and oxygen atoms in total. The van der Waals surface area contributed by atoms with Gasteiger partial charge in [0.2, 0.25) is 10.0 Å². The van der Waals surface area contributed by atoms with Crippen molar-refractivity contribution < 1.29 is 8.42 Å². The molecule has 2 N–H and O–H groups in total. The zero-order valence-corrected chi connectivity index (χ0v) is 12.0. The van der Waals surface area contributed by atoms with E-state index in [1.54, 1.807) is 0 Å². The lowest BCUT2D eigenvalue weighted by Crippen LogP contribution is -2.45. The molecule has 1 heterocycles. The first-order valence-corrected chi connectivity index (χ1v) is 8.33. The molecule has 0 aromatic heterocycles. The number of hydrogen-bond acceptors (Lipinski definition) is 3. The van der Waals surface area contributed by atoms with Crippen LogP contribution < -0.4 is 10.0 Å². The average Bonchev–Trinajstić information content (AvgIpc) is 2.27. The smallest absolute Gasteiger partial charge is 0.213 e. The van der Waals surface area contributed by atoms with Gasteiger partial charge in [-0.15, -0.1) is 0 Å². The molecule has 1 aliphatic heterocycles. The third-order valence-electron chi connectivity index (χ3n) is 3.70. The molecule has 0 saturated carbocycles. The van der Waals surface area contributed by atoms with E-state index in [0.29, 0.717) is 5.92 Å². The van der Waals surface area contributed by atoms with Crippen molar-refractivity contribution in [2.75, 3.05) is 12.3 Å². The van der Waals surface area contributed by atoms with Crippen LogP contribution in [0.4, 0.5) is 0 Å².